The first-order valence-corrected chi connectivity index (χ1v) is 9.20. The van der Waals surface area contributed by atoms with Gasteiger partial charge in [-0.1, -0.05) is 0 Å². The Kier molecular flexibility index (Phi) is 4.39. The van der Waals surface area contributed by atoms with Crippen molar-refractivity contribution in [3.05, 3.63) is 17.5 Å². The number of aromatic nitrogens is 2. The van der Waals surface area contributed by atoms with Crippen molar-refractivity contribution in [2.75, 3.05) is 18.1 Å². The van der Waals surface area contributed by atoms with Crippen LogP contribution >= 0.6 is 11.8 Å². The Balaban J connectivity index is 1.68. The maximum absolute atomic E-state index is 12.2. The number of amides is 1. The molecule has 5 nitrogen and oxygen atoms in total. The normalized spacial score (nSPS) is 19.9. The number of ether oxygens (including phenoxy) is 1. The van der Waals surface area contributed by atoms with Crippen LogP contribution in [0.1, 0.15) is 50.9 Å². The highest BCUT2D eigenvalue weighted by Crippen LogP contribution is 2.28. The first-order valence-electron chi connectivity index (χ1n) is 8.05. The van der Waals surface area contributed by atoms with Crippen molar-refractivity contribution in [3.63, 3.8) is 0 Å². The van der Waals surface area contributed by atoms with Gasteiger partial charge in [0.25, 0.3) is 0 Å². The minimum atomic E-state index is -0.448. The Labute approximate surface area is 136 Å². The molecule has 1 fully saturated rings. The van der Waals surface area contributed by atoms with Crippen LogP contribution in [0.15, 0.2) is 6.20 Å². The summed E-state index contributed by atoms with van der Waals surface area (Å²) in [6, 6.07) is 0.529. The van der Waals surface area contributed by atoms with Crippen LogP contribution in [-0.4, -0.2) is 44.4 Å². The number of hydrogen-bond donors (Lipinski definition) is 0. The monoisotopic (exact) mass is 323 g/mol. The summed E-state index contributed by atoms with van der Waals surface area (Å²) in [5.41, 5.74) is 1.88. The predicted octanol–water partition coefficient (Wildman–Crippen LogP) is 3.24. The van der Waals surface area contributed by atoms with E-state index in [0.29, 0.717) is 19.1 Å². The predicted molar refractivity (Wildman–Crippen MR) is 88.2 cm³/mol. The molecule has 6 heteroatoms. The number of nitrogens with zero attached hydrogens (tertiary/aromatic N) is 3. The Morgan fingerprint density at radius 2 is 2.09 bits per heavy atom. The zero-order valence-corrected chi connectivity index (χ0v) is 14.5. The quantitative estimate of drug-likeness (QED) is 0.796. The van der Waals surface area contributed by atoms with Crippen molar-refractivity contribution in [1.29, 1.82) is 0 Å². The average molecular weight is 323 g/mol. The SMILES string of the molecule is CC(C)(C)OC(=O)N1CCc2cn(C3CCSCC3)nc2C1. The maximum Gasteiger partial charge on any atom is 0.410 e. The number of carbonyl (C=O) groups excluding carboxylic acids is 1. The Morgan fingerprint density at radius 3 is 2.77 bits per heavy atom. The lowest BCUT2D eigenvalue weighted by Gasteiger charge is -2.29. The van der Waals surface area contributed by atoms with Gasteiger partial charge in [0.05, 0.1) is 18.3 Å². The standard InChI is InChI=1S/C16H25N3O2S/c1-16(2,3)21-15(20)18-7-4-12-10-19(17-14(12)11-18)13-5-8-22-9-6-13/h10,13H,4-9,11H2,1-3H3. The second kappa shape index (κ2) is 6.14. The maximum atomic E-state index is 12.2. The first-order chi connectivity index (χ1) is 10.4. The minimum Gasteiger partial charge on any atom is -0.444 e. The third-order valence-electron chi connectivity index (χ3n) is 4.10. The van der Waals surface area contributed by atoms with Gasteiger partial charge in [-0.25, -0.2) is 4.79 Å². The average Bonchev–Trinajstić information content (AvgIpc) is 2.89. The summed E-state index contributed by atoms with van der Waals surface area (Å²) in [4.78, 5) is 14.0. The lowest BCUT2D eigenvalue weighted by molar-refractivity contribution is 0.0221. The third kappa shape index (κ3) is 3.59. The van der Waals surface area contributed by atoms with Gasteiger partial charge in [-0.15, -0.1) is 0 Å². The lowest BCUT2D eigenvalue weighted by atomic mass is 10.1. The van der Waals surface area contributed by atoms with Crippen molar-refractivity contribution in [2.45, 2.75) is 58.2 Å². The molecule has 3 heterocycles. The first kappa shape index (κ1) is 15.7. The Morgan fingerprint density at radius 1 is 1.36 bits per heavy atom. The van der Waals surface area contributed by atoms with Gasteiger partial charge >= 0.3 is 6.09 Å². The molecule has 2 aliphatic rings. The van der Waals surface area contributed by atoms with Crippen molar-refractivity contribution < 1.29 is 9.53 Å². The molecule has 22 heavy (non-hydrogen) atoms. The topological polar surface area (TPSA) is 47.4 Å². The van der Waals surface area contributed by atoms with E-state index in [1.807, 2.05) is 32.5 Å². The van der Waals surface area contributed by atoms with E-state index in [-0.39, 0.29) is 6.09 Å². The van der Waals surface area contributed by atoms with E-state index in [1.54, 1.807) is 4.90 Å². The van der Waals surface area contributed by atoms with Gasteiger partial charge in [-0.2, -0.15) is 16.9 Å². The number of hydrogen-bond acceptors (Lipinski definition) is 4. The Hall–Kier alpha value is -1.17. The highest BCUT2D eigenvalue weighted by molar-refractivity contribution is 7.99. The molecule has 0 bridgehead atoms. The molecular formula is C16H25N3O2S. The van der Waals surface area contributed by atoms with Crippen molar-refractivity contribution in [2.24, 2.45) is 0 Å². The smallest absolute Gasteiger partial charge is 0.410 e. The summed E-state index contributed by atoms with van der Waals surface area (Å²) in [6.45, 7) is 6.98. The van der Waals surface area contributed by atoms with Crippen LogP contribution in [0, 0.1) is 0 Å². The molecule has 1 aromatic rings. The van der Waals surface area contributed by atoms with Crippen molar-refractivity contribution >= 4 is 17.9 Å². The summed E-state index contributed by atoms with van der Waals surface area (Å²) in [7, 11) is 0. The van der Waals surface area contributed by atoms with Gasteiger partial charge in [0.15, 0.2) is 0 Å². The molecule has 122 valence electrons. The van der Waals surface area contributed by atoms with Crippen LogP contribution in [0.5, 0.6) is 0 Å². The highest BCUT2D eigenvalue weighted by Gasteiger charge is 2.28. The van der Waals surface area contributed by atoms with Crippen LogP contribution in [0.3, 0.4) is 0 Å². The van der Waals surface area contributed by atoms with E-state index in [0.717, 1.165) is 12.1 Å². The summed E-state index contributed by atoms with van der Waals surface area (Å²) < 4.78 is 7.61. The van der Waals surface area contributed by atoms with Crippen LogP contribution < -0.4 is 0 Å². The summed E-state index contributed by atoms with van der Waals surface area (Å²) >= 11 is 2.03. The van der Waals surface area contributed by atoms with Gasteiger partial charge in [0.1, 0.15) is 5.60 Å². The molecule has 3 rings (SSSR count). The van der Waals surface area contributed by atoms with Crippen molar-refractivity contribution in [3.8, 4) is 0 Å². The van der Waals surface area contributed by atoms with Crippen LogP contribution in [0.2, 0.25) is 0 Å². The second-order valence-electron chi connectivity index (χ2n) is 7.08. The Bertz CT molecular complexity index is 544. The molecule has 0 spiro atoms. The molecule has 2 aliphatic heterocycles. The van der Waals surface area contributed by atoms with Crippen molar-refractivity contribution in [1.82, 2.24) is 14.7 Å². The fourth-order valence-corrected chi connectivity index (χ4v) is 4.02. The molecule has 0 atom stereocenters. The molecule has 1 aromatic heterocycles. The summed E-state index contributed by atoms with van der Waals surface area (Å²) in [5.74, 6) is 2.44. The molecule has 0 saturated carbocycles. The van der Waals surface area contributed by atoms with Gasteiger partial charge in [-0.05, 0) is 57.1 Å². The van der Waals surface area contributed by atoms with Gasteiger partial charge in [0, 0.05) is 12.7 Å². The van der Waals surface area contributed by atoms with Crippen LogP contribution in [0.4, 0.5) is 4.79 Å². The number of thioether (sulfide) groups is 1. The fraction of sp³-hybridized carbons (Fsp3) is 0.750. The molecule has 0 aromatic carbocycles. The molecular weight excluding hydrogens is 298 g/mol. The molecule has 1 saturated heterocycles. The van der Waals surface area contributed by atoms with E-state index < -0.39 is 5.60 Å². The summed E-state index contributed by atoms with van der Waals surface area (Å²) in [5, 5.41) is 4.76. The lowest BCUT2D eigenvalue weighted by Crippen LogP contribution is -2.39. The number of carbonyl (C=O) groups is 1. The second-order valence-corrected chi connectivity index (χ2v) is 8.30. The number of fused-ring (bicyclic) bond motifs is 1. The number of rotatable bonds is 1. The fourth-order valence-electron chi connectivity index (χ4n) is 2.94. The molecule has 0 radical (unpaired) electrons. The zero-order chi connectivity index (χ0) is 15.7. The van der Waals surface area contributed by atoms with E-state index >= 15 is 0 Å². The summed E-state index contributed by atoms with van der Waals surface area (Å²) in [6.07, 6.45) is 5.22. The van der Waals surface area contributed by atoms with E-state index in [2.05, 4.69) is 10.9 Å². The van der Waals surface area contributed by atoms with Gasteiger partial charge in [-0.3, -0.25) is 4.68 Å². The van der Waals surface area contributed by atoms with Crippen LogP contribution in [0.25, 0.3) is 0 Å². The van der Waals surface area contributed by atoms with Crippen LogP contribution in [-0.2, 0) is 17.7 Å². The van der Waals surface area contributed by atoms with E-state index in [4.69, 9.17) is 9.84 Å². The zero-order valence-electron chi connectivity index (χ0n) is 13.7. The molecule has 0 N–H and O–H groups in total. The minimum absolute atomic E-state index is 0.234. The van der Waals surface area contributed by atoms with Gasteiger partial charge in [0.2, 0.25) is 0 Å². The molecule has 0 aliphatic carbocycles. The van der Waals surface area contributed by atoms with Gasteiger partial charge < -0.3 is 9.64 Å². The van der Waals surface area contributed by atoms with E-state index in [9.17, 15) is 4.79 Å². The highest BCUT2D eigenvalue weighted by atomic mass is 32.2. The third-order valence-corrected chi connectivity index (χ3v) is 5.15. The molecule has 1 amide bonds. The largest absolute Gasteiger partial charge is 0.444 e. The molecule has 0 unspecified atom stereocenters. The van der Waals surface area contributed by atoms with E-state index in [1.165, 1.54) is 29.9 Å².